The van der Waals surface area contributed by atoms with Crippen molar-refractivity contribution in [1.29, 1.82) is 0 Å². The van der Waals surface area contributed by atoms with Gasteiger partial charge in [0.1, 0.15) is 0 Å². The third kappa shape index (κ3) is 3.88. The minimum Gasteiger partial charge on any atom is -0.353 e. The van der Waals surface area contributed by atoms with E-state index in [1.807, 2.05) is 0 Å². The van der Waals surface area contributed by atoms with Crippen LogP contribution in [0.2, 0.25) is 0 Å². The summed E-state index contributed by atoms with van der Waals surface area (Å²) in [7, 11) is 0. The van der Waals surface area contributed by atoms with Gasteiger partial charge in [0.05, 0.1) is 11.4 Å². The molecule has 5 nitrogen and oxygen atoms in total. The third-order valence-electron chi connectivity index (χ3n) is 4.21. The number of rotatable bonds is 6. The molecule has 1 fully saturated rings. The fourth-order valence-corrected chi connectivity index (χ4v) is 2.76. The van der Waals surface area contributed by atoms with Crippen molar-refractivity contribution in [2.24, 2.45) is 5.92 Å². The fraction of sp³-hybridized carbons (Fsp3) is 0.800. The molecule has 1 aliphatic rings. The van der Waals surface area contributed by atoms with Crippen LogP contribution in [-0.2, 0) is 12.8 Å². The second-order valence-corrected chi connectivity index (χ2v) is 5.49. The number of hydrogen-bond acceptors (Lipinski definition) is 5. The summed E-state index contributed by atoms with van der Waals surface area (Å²) in [6.45, 7) is 11.0. The van der Waals surface area contributed by atoms with Crippen LogP contribution in [0.15, 0.2) is 0 Å². The summed E-state index contributed by atoms with van der Waals surface area (Å²) in [6, 6.07) is 0. The maximum atomic E-state index is 4.58. The van der Waals surface area contributed by atoms with Crippen molar-refractivity contribution in [2.75, 3.05) is 31.5 Å². The molecular weight excluding hydrogens is 250 g/mol. The van der Waals surface area contributed by atoms with Crippen LogP contribution in [0.5, 0.6) is 0 Å². The summed E-state index contributed by atoms with van der Waals surface area (Å²) in [4.78, 5) is 7.10. The Hall–Kier alpha value is -1.23. The van der Waals surface area contributed by atoms with E-state index in [4.69, 9.17) is 0 Å². The SMILES string of the molecule is CCc1nnc(NCC2CCN(CC)CC2)nc1CC. The standard InChI is InChI=1S/C15H27N5/c1-4-13-14(5-2)18-19-15(17-13)16-11-12-7-9-20(6-3)10-8-12/h12H,4-11H2,1-3H3,(H,16,17,19). The molecule has 0 unspecified atom stereocenters. The van der Waals surface area contributed by atoms with Gasteiger partial charge in [0.25, 0.3) is 0 Å². The number of piperidine rings is 1. The predicted molar refractivity (Wildman–Crippen MR) is 81.9 cm³/mol. The molecule has 0 amide bonds. The van der Waals surface area contributed by atoms with Crippen LogP contribution in [0.25, 0.3) is 0 Å². The number of aryl methyl sites for hydroxylation is 2. The molecule has 1 saturated heterocycles. The van der Waals surface area contributed by atoms with Crippen molar-refractivity contribution in [2.45, 2.75) is 46.5 Å². The van der Waals surface area contributed by atoms with Crippen LogP contribution in [0.4, 0.5) is 5.95 Å². The zero-order chi connectivity index (χ0) is 14.4. The van der Waals surface area contributed by atoms with Crippen LogP contribution < -0.4 is 5.32 Å². The molecular formula is C15H27N5. The lowest BCUT2D eigenvalue weighted by Gasteiger charge is -2.31. The van der Waals surface area contributed by atoms with E-state index in [0.29, 0.717) is 5.95 Å². The molecule has 1 aromatic heterocycles. The van der Waals surface area contributed by atoms with Gasteiger partial charge in [-0.15, -0.1) is 5.10 Å². The van der Waals surface area contributed by atoms with Crippen molar-refractivity contribution in [3.63, 3.8) is 0 Å². The van der Waals surface area contributed by atoms with E-state index in [9.17, 15) is 0 Å². The lowest BCUT2D eigenvalue weighted by Crippen LogP contribution is -2.35. The second kappa shape index (κ2) is 7.53. The van der Waals surface area contributed by atoms with Gasteiger partial charge in [0.15, 0.2) is 0 Å². The Bertz CT molecular complexity index is 413. The van der Waals surface area contributed by atoms with Gasteiger partial charge in [-0.1, -0.05) is 20.8 Å². The second-order valence-electron chi connectivity index (χ2n) is 5.49. The van der Waals surface area contributed by atoms with Crippen LogP contribution in [0.3, 0.4) is 0 Å². The Morgan fingerprint density at radius 3 is 2.35 bits per heavy atom. The molecule has 2 heterocycles. The summed E-state index contributed by atoms with van der Waals surface area (Å²) >= 11 is 0. The maximum absolute atomic E-state index is 4.58. The maximum Gasteiger partial charge on any atom is 0.242 e. The highest BCUT2D eigenvalue weighted by atomic mass is 15.2. The zero-order valence-corrected chi connectivity index (χ0v) is 13.0. The zero-order valence-electron chi connectivity index (χ0n) is 13.0. The Morgan fingerprint density at radius 2 is 1.75 bits per heavy atom. The topological polar surface area (TPSA) is 53.9 Å². The van der Waals surface area contributed by atoms with Crippen LogP contribution in [0, 0.1) is 5.92 Å². The molecule has 0 saturated carbocycles. The van der Waals surface area contributed by atoms with Gasteiger partial charge in [-0.05, 0) is 51.2 Å². The van der Waals surface area contributed by atoms with Crippen molar-refractivity contribution >= 4 is 5.95 Å². The summed E-state index contributed by atoms with van der Waals surface area (Å²) in [6.07, 6.45) is 4.35. The molecule has 0 aromatic carbocycles. The molecule has 20 heavy (non-hydrogen) atoms. The van der Waals surface area contributed by atoms with Gasteiger partial charge in [0, 0.05) is 6.54 Å². The van der Waals surface area contributed by atoms with Gasteiger partial charge in [-0.2, -0.15) is 5.10 Å². The first-order valence-electron chi connectivity index (χ1n) is 7.95. The van der Waals surface area contributed by atoms with E-state index in [1.165, 1.54) is 32.5 Å². The van der Waals surface area contributed by atoms with Crippen LogP contribution in [0.1, 0.15) is 45.0 Å². The number of nitrogens with zero attached hydrogens (tertiary/aromatic N) is 4. The van der Waals surface area contributed by atoms with Gasteiger partial charge in [-0.3, -0.25) is 0 Å². The molecule has 2 rings (SSSR count). The molecule has 5 heteroatoms. The largest absolute Gasteiger partial charge is 0.353 e. The highest BCUT2D eigenvalue weighted by molar-refractivity contribution is 5.25. The third-order valence-corrected chi connectivity index (χ3v) is 4.21. The van der Waals surface area contributed by atoms with E-state index in [-0.39, 0.29) is 0 Å². The van der Waals surface area contributed by atoms with Gasteiger partial charge < -0.3 is 10.2 Å². The van der Waals surface area contributed by atoms with Crippen molar-refractivity contribution < 1.29 is 0 Å². The number of anilines is 1. The smallest absolute Gasteiger partial charge is 0.242 e. The van der Waals surface area contributed by atoms with Crippen molar-refractivity contribution in [3.8, 4) is 0 Å². The quantitative estimate of drug-likeness (QED) is 0.863. The Morgan fingerprint density at radius 1 is 1.05 bits per heavy atom. The number of hydrogen-bond donors (Lipinski definition) is 1. The van der Waals surface area contributed by atoms with E-state index in [2.05, 4.69) is 46.2 Å². The number of likely N-dealkylation sites (tertiary alicyclic amines) is 1. The van der Waals surface area contributed by atoms with E-state index >= 15 is 0 Å². The molecule has 1 N–H and O–H groups in total. The molecule has 1 aliphatic heterocycles. The van der Waals surface area contributed by atoms with Gasteiger partial charge in [0.2, 0.25) is 5.95 Å². The van der Waals surface area contributed by atoms with Crippen molar-refractivity contribution in [1.82, 2.24) is 20.1 Å². The molecule has 0 atom stereocenters. The Balaban J connectivity index is 1.85. The van der Waals surface area contributed by atoms with E-state index in [0.717, 1.165) is 36.7 Å². The first kappa shape index (κ1) is 15.2. The minimum atomic E-state index is 0.692. The minimum absolute atomic E-state index is 0.692. The molecule has 0 radical (unpaired) electrons. The van der Waals surface area contributed by atoms with Gasteiger partial charge >= 0.3 is 0 Å². The molecule has 0 bridgehead atoms. The number of aromatic nitrogens is 3. The molecule has 112 valence electrons. The molecule has 0 aliphatic carbocycles. The summed E-state index contributed by atoms with van der Waals surface area (Å²) in [5.74, 6) is 1.43. The molecule has 1 aromatic rings. The fourth-order valence-electron chi connectivity index (χ4n) is 2.76. The Labute approximate surface area is 122 Å². The lowest BCUT2D eigenvalue weighted by molar-refractivity contribution is 0.198. The highest BCUT2D eigenvalue weighted by Crippen LogP contribution is 2.17. The molecule has 0 spiro atoms. The van der Waals surface area contributed by atoms with Crippen molar-refractivity contribution in [3.05, 3.63) is 11.4 Å². The summed E-state index contributed by atoms with van der Waals surface area (Å²) in [5, 5.41) is 11.8. The van der Waals surface area contributed by atoms with Gasteiger partial charge in [-0.25, -0.2) is 4.98 Å². The van der Waals surface area contributed by atoms with Crippen LogP contribution in [-0.4, -0.2) is 46.3 Å². The average Bonchev–Trinajstić information content (AvgIpc) is 2.53. The number of nitrogens with one attached hydrogen (secondary N) is 1. The normalized spacial score (nSPS) is 17.4. The average molecular weight is 277 g/mol. The lowest BCUT2D eigenvalue weighted by atomic mass is 9.97. The Kier molecular flexibility index (Phi) is 5.71. The monoisotopic (exact) mass is 277 g/mol. The summed E-state index contributed by atoms with van der Waals surface area (Å²) in [5.41, 5.74) is 2.10. The van der Waals surface area contributed by atoms with E-state index < -0.39 is 0 Å². The summed E-state index contributed by atoms with van der Waals surface area (Å²) < 4.78 is 0. The van der Waals surface area contributed by atoms with Crippen LogP contribution >= 0.6 is 0 Å². The predicted octanol–water partition coefficient (Wildman–Crippen LogP) is 2.14. The highest BCUT2D eigenvalue weighted by Gasteiger charge is 2.18. The first-order valence-corrected chi connectivity index (χ1v) is 7.95. The van der Waals surface area contributed by atoms with E-state index in [1.54, 1.807) is 0 Å². The first-order chi connectivity index (χ1) is 9.76.